The predicted molar refractivity (Wildman–Crippen MR) is 44.2 cm³/mol. The summed E-state index contributed by atoms with van der Waals surface area (Å²) in [6, 6.07) is 1.81. The molecule has 3 heteroatoms. The van der Waals surface area contributed by atoms with Crippen LogP contribution in [0.4, 0.5) is 0 Å². The lowest BCUT2D eigenvalue weighted by atomic mass is 10.3. The van der Waals surface area contributed by atoms with E-state index < -0.39 is 0 Å². The first kappa shape index (κ1) is 8.28. The van der Waals surface area contributed by atoms with Gasteiger partial charge in [-0.15, -0.1) is 11.3 Å². The SMILES string of the molecule is OCC#Cc1csc(CO)c1. The van der Waals surface area contributed by atoms with E-state index in [1.807, 2.05) is 11.4 Å². The van der Waals surface area contributed by atoms with E-state index in [1.54, 1.807) is 0 Å². The minimum atomic E-state index is -0.121. The Morgan fingerprint density at radius 1 is 1.45 bits per heavy atom. The van der Waals surface area contributed by atoms with Crippen LogP contribution in [-0.4, -0.2) is 16.8 Å². The molecule has 2 nitrogen and oxygen atoms in total. The van der Waals surface area contributed by atoms with E-state index in [4.69, 9.17) is 10.2 Å². The number of hydrogen-bond acceptors (Lipinski definition) is 3. The molecule has 0 saturated heterocycles. The summed E-state index contributed by atoms with van der Waals surface area (Å²) in [5.41, 5.74) is 0.855. The molecule has 0 saturated carbocycles. The van der Waals surface area contributed by atoms with Gasteiger partial charge in [0.25, 0.3) is 0 Å². The average molecular weight is 168 g/mol. The maximum absolute atomic E-state index is 8.69. The Kier molecular flexibility index (Phi) is 3.12. The predicted octanol–water partition coefficient (Wildman–Crippen LogP) is 0.584. The zero-order valence-electron chi connectivity index (χ0n) is 5.87. The summed E-state index contributed by atoms with van der Waals surface area (Å²) in [5, 5.41) is 18.9. The molecule has 1 aromatic heterocycles. The van der Waals surface area contributed by atoms with Crippen molar-refractivity contribution in [2.24, 2.45) is 0 Å². The van der Waals surface area contributed by atoms with Gasteiger partial charge in [-0.2, -0.15) is 0 Å². The molecule has 1 aromatic rings. The van der Waals surface area contributed by atoms with Gasteiger partial charge in [0.1, 0.15) is 6.61 Å². The summed E-state index contributed by atoms with van der Waals surface area (Å²) in [6.45, 7) is -0.0597. The molecule has 0 radical (unpaired) electrons. The molecule has 0 aliphatic rings. The zero-order chi connectivity index (χ0) is 8.10. The Morgan fingerprint density at radius 2 is 2.27 bits per heavy atom. The lowest BCUT2D eigenvalue weighted by molar-refractivity contribution is 0.285. The number of thiophene rings is 1. The molecule has 58 valence electrons. The van der Waals surface area contributed by atoms with Crippen molar-refractivity contribution in [3.8, 4) is 11.8 Å². The minimum absolute atomic E-state index is 0.0610. The zero-order valence-corrected chi connectivity index (χ0v) is 6.69. The molecule has 0 amide bonds. The van der Waals surface area contributed by atoms with E-state index in [9.17, 15) is 0 Å². The molecule has 0 aliphatic heterocycles. The molecule has 11 heavy (non-hydrogen) atoms. The van der Waals surface area contributed by atoms with Crippen LogP contribution in [0.5, 0.6) is 0 Å². The Hall–Kier alpha value is -0.820. The van der Waals surface area contributed by atoms with E-state index in [0.717, 1.165) is 10.4 Å². The van der Waals surface area contributed by atoms with E-state index in [1.165, 1.54) is 11.3 Å². The maximum atomic E-state index is 8.69. The Morgan fingerprint density at radius 3 is 2.82 bits per heavy atom. The molecule has 0 atom stereocenters. The van der Waals surface area contributed by atoms with Crippen molar-refractivity contribution >= 4 is 11.3 Å². The molecule has 0 fully saturated rings. The van der Waals surface area contributed by atoms with Gasteiger partial charge in [0.15, 0.2) is 0 Å². The standard InChI is InChI=1S/C8H8O2S/c9-3-1-2-7-4-8(5-10)11-6-7/h4,6,9-10H,3,5H2. The van der Waals surface area contributed by atoms with Crippen molar-refractivity contribution in [2.45, 2.75) is 6.61 Å². The Bertz CT molecular complexity index is 280. The Balaban J connectivity index is 2.72. The smallest absolute Gasteiger partial charge is 0.104 e. The Labute approximate surface area is 69.1 Å². The van der Waals surface area contributed by atoms with Gasteiger partial charge in [0.2, 0.25) is 0 Å². The third-order valence-corrected chi connectivity index (χ3v) is 2.04. The number of aliphatic hydroxyl groups excluding tert-OH is 2. The van der Waals surface area contributed by atoms with E-state index >= 15 is 0 Å². The fraction of sp³-hybridized carbons (Fsp3) is 0.250. The van der Waals surface area contributed by atoms with Crippen LogP contribution in [0, 0.1) is 11.8 Å². The van der Waals surface area contributed by atoms with Gasteiger partial charge < -0.3 is 10.2 Å². The van der Waals surface area contributed by atoms with Crippen LogP contribution in [0.25, 0.3) is 0 Å². The van der Waals surface area contributed by atoms with Crippen LogP contribution in [0.3, 0.4) is 0 Å². The summed E-state index contributed by atoms with van der Waals surface area (Å²) in [6.07, 6.45) is 0. The van der Waals surface area contributed by atoms with E-state index in [-0.39, 0.29) is 13.2 Å². The van der Waals surface area contributed by atoms with Crippen molar-refractivity contribution in [2.75, 3.05) is 6.61 Å². The average Bonchev–Trinajstić information content (AvgIpc) is 2.48. The molecular weight excluding hydrogens is 160 g/mol. The van der Waals surface area contributed by atoms with Gasteiger partial charge >= 0.3 is 0 Å². The van der Waals surface area contributed by atoms with Gasteiger partial charge in [0, 0.05) is 15.8 Å². The number of rotatable bonds is 1. The molecule has 0 unspecified atom stereocenters. The summed E-state index contributed by atoms with van der Waals surface area (Å²) in [4.78, 5) is 0.896. The largest absolute Gasteiger partial charge is 0.391 e. The normalized spacial score (nSPS) is 8.91. The van der Waals surface area contributed by atoms with Crippen molar-refractivity contribution in [3.05, 3.63) is 21.9 Å². The van der Waals surface area contributed by atoms with Crippen molar-refractivity contribution in [1.29, 1.82) is 0 Å². The fourth-order valence-electron chi connectivity index (χ4n) is 0.671. The maximum Gasteiger partial charge on any atom is 0.104 e. The summed E-state index contributed by atoms with van der Waals surface area (Å²) < 4.78 is 0. The molecule has 0 aliphatic carbocycles. The molecular formula is C8H8O2S. The van der Waals surface area contributed by atoms with Gasteiger partial charge in [0.05, 0.1) is 6.61 Å². The lowest BCUT2D eigenvalue weighted by Gasteiger charge is -1.80. The number of aliphatic hydroxyl groups is 2. The molecule has 1 rings (SSSR count). The molecule has 0 bridgehead atoms. The van der Waals surface area contributed by atoms with Crippen LogP contribution in [0.15, 0.2) is 11.4 Å². The second kappa shape index (κ2) is 4.14. The topological polar surface area (TPSA) is 40.5 Å². The lowest BCUT2D eigenvalue weighted by Crippen LogP contribution is -1.74. The summed E-state index contributed by atoms with van der Waals surface area (Å²) in [7, 11) is 0. The van der Waals surface area contributed by atoms with Crippen LogP contribution >= 0.6 is 11.3 Å². The highest BCUT2D eigenvalue weighted by atomic mass is 32.1. The van der Waals surface area contributed by atoms with E-state index in [2.05, 4.69) is 11.8 Å². The highest BCUT2D eigenvalue weighted by Gasteiger charge is 1.93. The van der Waals surface area contributed by atoms with Crippen LogP contribution in [0.2, 0.25) is 0 Å². The second-order valence-corrected chi connectivity index (χ2v) is 2.92. The first-order valence-electron chi connectivity index (χ1n) is 3.15. The summed E-state index contributed by atoms with van der Waals surface area (Å²) in [5.74, 6) is 5.28. The third-order valence-electron chi connectivity index (χ3n) is 1.12. The monoisotopic (exact) mass is 168 g/mol. The third kappa shape index (κ3) is 2.35. The molecule has 2 N–H and O–H groups in total. The molecule has 0 aromatic carbocycles. The van der Waals surface area contributed by atoms with Gasteiger partial charge in [-0.3, -0.25) is 0 Å². The van der Waals surface area contributed by atoms with Gasteiger partial charge in [-0.1, -0.05) is 11.8 Å². The first-order valence-corrected chi connectivity index (χ1v) is 4.03. The van der Waals surface area contributed by atoms with Crippen LogP contribution < -0.4 is 0 Å². The van der Waals surface area contributed by atoms with Crippen LogP contribution in [0.1, 0.15) is 10.4 Å². The highest BCUT2D eigenvalue weighted by Crippen LogP contribution is 2.12. The quantitative estimate of drug-likeness (QED) is 0.602. The first-order chi connectivity index (χ1) is 5.36. The van der Waals surface area contributed by atoms with Crippen LogP contribution in [-0.2, 0) is 6.61 Å². The van der Waals surface area contributed by atoms with Crippen molar-refractivity contribution in [3.63, 3.8) is 0 Å². The second-order valence-electron chi connectivity index (χ2n) is 1.92. The molecule has 0 spiro atoms. The highest BCUT2D eigenvalue weighted by molar-refractivity contribution is 7.10. The number of hydrogen-bond donors (Lipinski definition) is 2. The van der Waals surface area contributed by atoms with E-state index in [0.29, 0.717) is 0 Å². The van der Waals surface area contributed by atoms with Crippen molar-refractivity contribution < 1.29 is 10.2 Å². The van der Waals surface area contributed by atoms with Gasteiger partial charge in [-0.05, 0) is 6.07 Å². The fourth-order valence-corrected chi connectivity index (χ4v) is 1.35. The van der Waals surface area contributed by atoms with Crippen molar-refractivity contribution in [1.82, 2.24) is 0 Å². The van der Waals surface area contributed by atoms with Gasteiger partial charge in [-0.25, -0.2) is 0 Å². The minimum Gasteiger partial charge on any atom is -0.391 e. The summed E-state index contributed by atoms with van der Waals surface area (Å²) >= 11 is 1.47. The molecule has 1 heterocycles.